The molecule has 3 N–H and O–H groups in total. The highest BCUT2D eigenvalue weighted by molar-refractivity contribution is 5.80. The van der Waals surface area contributed by atoms with Crippen molar-refractivity contribution in [1.29, 1.82) is 0 Å². The fraction of sp³-hybridized carbons (Fsp3) is 0.524. The Balaban J connectivity index is 1.60. The Bertz CT molecular complexity index is 858. The van der Waals surface area contributed by atoms with Gasteiger partial charge in [0.05, 0.1) is 12.6 Å². The second kappa shape index (κ2) is 9.60. The number of amides is 1. The number of aryl methyl sites for hydroxylation is 1. The Labute approximate surface area is 177 Å². The molecule has 1 amide bonds. The van der Waals surface area contributed by atoms with Gasteiger partial charge in [-0.15, -0.1) is 0 Å². The lowest BCUT2D eigenvalue weighted by molar-refractivity contribution is 0.0504. The molecule has 1 aromatic carbocycles. The predicted molar refractivity (Wildman–Crippen MR) is 115 cm³/mol. The highest BCUT2D eigenvalue weighted by atomic mass is 16.6. The maximum Gasteiger partial charge on any atom is 0.408 e. The molecule has 0 fully saturated rings. The number of carbonyl (C=O) groups is 1. The number of aromatic nitrogens is 3. The van der Waals surface area contributed by atoms with E-state index in [4.69, 9.17) is 4.74 Å². The van der Waals surface area contributed by atoms with Crippen molar-refractivity contribution in [3.63, 3.8) is 0 Å². The summed E-state index contributed by atoms with van der Waals surface area (Å²) in [6.45, 7) is 6.75. The largest absolute Gasteiger partial charge is 0.444 e. The third-order valence-corrected chi connectivity index (χ3v) is 4.74. The van der Waals surface area contributed by atoms with Crippen LogP contribution >= 0.6 is 0 Å². The zero-order chi connectivity index (χ0) is 21.6. The normalized spacial score (nSPS) is 17.6. The fourth-order valence-electron chi connectivity index (χ4n) is 3.33. The number of hydrogen-bond donors (Lipinski definition) is 3. The first kappa shape index (κ1) is 21.6. The zero-order valence-corrected chi connectivity index (χ0v) is 18.1. The van der Waals surface area contributed by atoms with Gasteiger partial charge >= 0.3 is 6.09 Å². The lowest BCUT2D eigenvalue weighted by atomic mass is 10.1. The maximum atomic E-state index is 12.3. The minimum atomic E-state index is -0.558. The molecular formula is C21H31N7O2. The number of hydrogen-bond acceptors (Lipinski definition) is 5. The highest BCUT2D eigenvalue weighted by Crippen LogP contribution is 2.14. The molecular weight excluding hydrogens is 382 g/mol. The van der Waals surface area contributed by atoms with Crippen molar-refractivity contribution in [2.24, 2.45) is 4.99 Å². The standard InChI is InChI=1S/C21H31N7O2/c1-21(2,3)30-20(29)27-17(15-8-6-5-7-9-15)12-23-19(22-4)26-16-10-11-18-24-14-25-28(18)13-16/h5-9,14,16-17H,10-13H2,1-4H3,(H,27,29)(H2,22,23,26). The van der Waals surface area contributed by atoms with Gasteiger partial charge in [0.15, 0.2) is 5.96 Å². The molecule has 0 saturated heterocycles. The summed E-state index contributed by atoms with van der Waals surface area (Å²) in [5.74, 6) is 1.69. The molecule has 0 aliphatic carbocycles. The number of nitrogens with one attached hydrogen (secondary N) is 3. The second-order valence-electron chi connectivity index (χ2n) is 8.30. The van der Waals surface area contributed by atoms with E-state index in [0.717, 1.165) is 30.8 Å². The fourth-order valence-corrected chi connectivity index (χ4v) is 3.33. The average Bonchev–Trinajstić information content (AvgIpc) is 3.17. The molecule has 1 aliphatic heterocycles. The van der Waals surface area contributed by atoms with Gasteiger partial charge in [0.1, 0.15) is 17.8 Å². The smallest absolute Gasteiger partial charge is 0.408 e. The molecule has 30 heavy (non-hydrogen) atoms. The van der Waals surface area contributed by atoms with Crippen LogP contribution < -0.4 is 16.0 Å². The van der Waals surface area contributed by atoms with E-state index in [9.17, 15) is 4.79 Å². The minimum Gasteiger partial charge on any atom is -0.444 e. The second-order valence-corrected chi connectivity index (χ2v) is 8.30. The Morgan fingerprint density at radius 2 is 2.10 bits per heavy atom. The summed E-state index contributed by atoms with van der Waals surface area (Å²) in [6.07, 6.45) is 2.98. The lowest BCUT2D eigenvalue weighted by Crippen LogP contribution is -2.49. The number of ether oxygens (including phenoxy) is 1. The van der Waals surface area contributed by atoms with Crippen LogP contribution in [0.5, 0.6) is 0 Å². The first-order valence-electron chi connectivity index (χ1n) is 10.2. The van der Waals surface area contributed by atoms with Crippen LogP contribution in [0.25, 0.3) is 0 Å². The summed E-state index contributed by atoms with van der Waals surface area (Å²) >= 11 is 0. The topological polar surface area (TPSA) is 105 Å². The first-order valence-corrected chi connectivity index (χ1v) is 10.2. The van der Waals surface area contributed by atoms with Crippen molar-refractivity contribution in [2.75, 3.05) is 13.6 Å². The van der Waals surface area contributed by atoms with Crippen LogP contribution in [0.2, 0.25) is 0 Å². The van der Waals surface area contributed by atoms with Gasteiger partial charge in [-0.05, 0) is 32.8 Å². The van der Waals surface area contributed by atoms with Gasteiger partial charge < -0.3 is 20.7 Å². The summed E-state index contributed by atoms with van der Waals surface area (Å²) in [7, 11) is 1.73. The Morgan fingerprint density at radius 3 is 2.80 bits per heavy atom. The van der Waals surface area contributed by atoms with Gasteiger partial charge in [-0.1, -0.05) is 30.3 Å². The van der Waals surface area contributed by atoms with E-state index in [1.54, 1.807) is 13.4 Å². The van der Waals surface area contributed by atoms with E-state index in [1.165, 1.54) is 0 Å². The summed E-state index contributed by atoms with van der Waals surface area (Å²) in [5.41, 5.74) is 0.425. The molecule has 2 heterocycles. The van der Waals surface area contributed by atoms with Gasteiger partial charge in [-0.3, -0.25) is 4.99 Å². The summed E-state index contributed by atoms with van der Waals surface area (Å²) < 4.78 is 7.35. The molecule has 3 rings (SSSR count). The van der Waals surface area contributed by atoms with E-state index in [2.05, 4.69) is 31.0 Å². The van der Waals surface area contributed by atoms with Gasteiger partial charge in [-0.25, -0.2) is 14.5 Å². The number of guanidine groups is 1. The van der Waals surface area contributed by atoms with Crippen LogP contribution in [0.1, 0.15) is 44.6 Å². The van der Waals surface area contributed by atoms with Crippen LogP contribution in [-0.4, -0.2) is 52.1 Å². The number of fused-ring (bicyclic) bond motifs is 1. The molecule has 1 aromatic heterocycles. The summed E-state index contributed by atoms with van der Waals surface area (Å²) in [6, 6.07) is 9.74. The predicted octanol–water partition coefficient (Wildman–Crippen LogP) is 2.02. The molecule has 0 spiro atoms. The molecule has 1 aliphatic rings. The molecule has 9 nitrogen and oxygen atoms in total. The third-order valence-electron chi connectivity index (χ3n) is 4.74. The van der Waals surface area contributed by atoms with Gasteiger partial charge in [0, 0.05) is 26.1 Å². The molecule has 2 aromatic rings. The molecule has 0 bridgehead atoms. The van der Waals surface area contributed by atoms with Crippen molar-refractivity contribution in [1.82, 2.24) is 30.7 Å². The molecule has 2 unspecified atom stereocenters. The number of nitrogens with zero attached hydrogens (tertiary/aromatic N) is 4. The van der Waals surface area contributed by atoms with Gasteiger partial charge in [0.25, 0.3) is 0 Å². The van der Waals surface area contributed by atoms with E-state index in [1.807, 2.05) is 55.8 Å². The average molecular weight is 414 g/mol. The number of carbonyl (C=O) groups excluding carboxylic acids is 1. The number of benzene rings is 1. The van der Waals surface area contributed by atoms with E-state index in [0.29, 0.717) is 12.5 Å². The van der Waals surface area contributed by atoms with Gasteiger partial charge in [-0.2, -0.15) is 5.10 Å². The van der Waals surface area contributed by atoms with E-state index < -0.39 is 11.7 Å². The van der Waals surface area contributed by atoms with Crippen LogP contribution in [-0.2, 0) is 17.7 Å². The van der Waals surface area contributed by atoms with Crippen molar-refractivity contribution in [3.05, 3.63) is 48.0 Å². The highest BCUT2D eigenvalue weighted by Gasteiger charge is 2.23. The molecule has 0 radical (unpaired) electrons. The Kier molecular flexibility index (Phi) is 6.91. The molecule has 2 atom stereocenters. The SMILES string of the molecule is CN=C(NCC(NC(=O)OC(C)(C)C)c1ccccc1)NC1CCc2ncnn2C1. The quantitative estimate of drug-likeness (QED) is 0.512. The van der Waals surface area contributed by atoms with Crippen molar-refractivity contribution in [3.8, 4) is 0 Å². The number of aliphatic imine (C=N–C) groups is 1. The molecule has 162 valence electrons. The van der Waals surface area contributed by atoms with Crippen LogP contribution in [0.3, 0.4) is 0 Å². The lowest BCUT2D eigenvalue weighted by Gasteiger charge is -2.27. The van der Waals surface area contributed by atoms with Crippen molar-refractivity contribution >= 4 is 12.1 Å². The summed E-state index contributed by atoms with van der Waals surface area (Å²) in [4.78, 5) is 20.9. The van der Waals surface area contributed by atoms with Gasteiger partial charge in [0.2, 0.25) is 0 Å². The molecule has 0 saturated carbocycles. The minimum absolute atomic E-state index is 0.208. The third kappa shape index (κ3) is 6.20. The number of rotatable bonds is 5. The Hall–Kier alpha value is -3.10. The van der Waals surface area contributed by atoms with Crippen LogP contribution in [0, 0.1) is 0 Å². The maximum absolute atomic E-state index is 12.3. The van der Waals surface area contributed by atoms with Crippen LogP contribution in [0.4, 0.5) is 4.79 Å². The van der Waals surface area contributed by atoms with Crippen molar-refractivity contribution < 1.29 is 9.53 Å². The van der Waals surface area contributed by atoms with E-state index in [-0.39, 0.29) is 12.1 Å². The zero-order valence-electron chi connectivity index (χ0n) is 18.1. The van der Waals surface area contributed by atoms with Crippen molar-refractivity contribution in [2.45, 2.75) is 57.8 Å². The summed E-state index contributed by atoms with van der Waals surface area (Å²) in [5, 5.41) is 14.0. The number of alkyl carbamates (subject to hydrolysis) is 1. The van der Waals surface area contributed by atoms with Crippen LogP contribution in [0.15, 0.2) is 41.7 Å². The van der Waals surface area contributed by atoms with E-state index >= 15 is 0 Å². The Morgan fingerprint density at radius 1 is 1.33 bits per heavy atom. The first-order chi connectivity index (χ1) is 14.3. The monoisotopic (exact) mass is 413 g/mol. The molecule has 9 heteroatoms.